The van der Waals surface area contributed by atoms with Crippen molar-refractivity contribution in [1.82, 2.24) is 25.0 Å². The molecule has 3 fully saturated rings. The maximum atomic E-state index is 14.3. The number of nitrogens with zero attached hydrogens (tertiary/aromatic N) is 3. The van der Waals surface area contributed by atoms with Crippen LogP contribution in [0.4, 0.5) is 0 Å². The second-order valence-corrected chi connectivity index (χ2v) is 16.3. The summed E-state index contributed by atoms with van der Waals surface area (Å²) in [4.78, 5) is 47.2. The van der Waals surface area contributed by atoms with Gasteiger partial charge in [0.2, 0.25) is 21.8 Å². The van der Waals surface area contributed by atoms with Crippen molar-refractivity contribution in [3.63, 3.8) is 0 Å². The van der Waals surface area contributed by atoms with E-state index in [4.69, 9.17) is 14.5 Å². The molecule has 1 unspecified atom stereocenters. The highest BCUT2D eigenvalue weighted by atomic mass is 32.2. The molecule has 0 bridgehead atoms. The number of carbonyl (C=O) groups is 3. The van der Waals surface area contributed by atoms with E-state index in [1.807, 2.05) is 80.8 Å². The largest absolute Gasteiger partial charge is 0.497 e. The zero-order valence-corrected chi connectivity index (χ0v) is 30.0. The number of hydrazine groups is 1. The first-order valence-corrected chi connectivity index (χ1v) is 19.3. The summed E-state index contributed by atoms with van der Waals surface area (Å²) in [5.41, 5.74) is 0.885. The van der Waals surface area contributed by atoms with Gasteiger partial charge in [-0.1, -0.05) is 42.5 Å². The highest BCUT2D eigenvalue weighted by Crippen LogP contribution is 2.47. The second-order valence-electron chi connectivity index (χ2n) is 14.4. The molecule has 0 radical (unpaired) electrons. The molecule has 7 rings (SSSR count). The van der Waals surface area contributed by atoms with Gasteiger partial charge < -0.3 is 14.8 Å². The Bertz CT molecular complexity index is 1980. The number of amides is 3. The maximum Gasteiger partial charge on any atom is 0.259 e. The maximum absolute atomic E-state index is 14.3. The summed E-state index contributed by atoms with van der Waals surface area (Å²) in [5.74, 6) is -2.04. The number of allylic oxidation sites excluding steroid dienone is 1. The van der Waals surface area contributed by atoms with Crippen LogP contribution in [-0.4, -0.2) is 85.8 Å². The number of nitrogens with one attached hydrogen (secondary N) is 2. The number of ether oxygens (including phenoxy) is 2. The number of hydrogen-bond donors (Lipinski definition) is 2. The molecule has 13 heteroatoms. The van der Waals surface area contributed by atoms with Crippen LogP contribution in [0, 0.1) is 17.8 Å². The molecule has 274 valence electrons. The van der Waals surface area contributed by atoms with Crippen LogP contribution in [0.15, 0.2) is 66.7 Å². The van der Waals surface area contributed by atoms with Gasteiger partial charge in [0.25, 0.3) is 5.91 Å². The lowest BCUT2D eigenvalue weighted by molar-refractivity contribution is -0.153. The first kappa shape index (κ1) is 34.9. The monoisotopic (exact) mass is 719 g/mol. The number of hydrogen-bond acceptors (Lipinski definition) is 9. The topological polar surface area (TPSA) is 147 Å². The zero-order chi connectivity index (χ0) is 35.9. The Kier molecular flexibility index (Phi) is 9.53. The van der Waals surface area contributed by atoms with Gasteiger partial charge in [0, 0.05) is 52.5 Å². The van der Waals surface area contributed by atoms with Crippen molar-refractivity contribution in [1.29, 1.82) is 0 Å². The Morgan fingerprint density at radius 3 is 2.55 bits per heavy atom. The van der Waals surface area contributed by atoms with Crippen molar-refractivity contribution in [2.45, 2.75) is 68.3 Å². The average molecular weight is 720 g/mol. The molecule has 2 N–H and O–H groups in total. The Morgan fingerprint density at radius 2 is 1.82 bits per heavy atom. The lowest BCUT2D eigenvalue weighted by Gasteiger charge is -2.33. The number of methoxy groups -OCH3 is 1. The van der Waals surface area contributed by atoms with Gasteiger partial charge in [0.15, 0.2) is 0 Å². The van der Waals surface area contributed by atoms with E-state index in [0.717, 1.165) is 30.2 Å². The summed E-state index contributed by atoms with van der Waals surface area (Å²) >= 11 is 0. The standard InChI is InChI=1S/C38H45N5O7S.2H2/c1-42(2)43-18-10-5-4-9-13-25-23-38(25,37(46)41-51(47,48)28-15-16-28)40-35(44)30-19-27(20-31(30)36(43)45)50-34-22-32(24-11-7-6-8-12-24)39-33-21-26(49-3)14-17-29(33)34;;/h6-9,11-14,17,21-22,25,27-28,30-31H,4-5,10,15-16,18-20,23H2,1-3H3,(H,40,44)(H,41,46);2*1H/b13-9-;;/t25?,27-,30-,31-,38-;;/m1../s1. The molecule has 51 heavy (non-hydrogen) atoms. The number of carbonyl (C=O) groups excluding carboxylic acids is 3. The summed E-state index contributed by atoms with van der Waals surface area (Å²) in [7, 11) is 1.40. The molecule has 12 nitrogen and oxygen atoms in total. The van der Waals surface area contributed by atoms with Gasteiger partial charge in [0.05, 0.1) is 35.4 Å². The van der Waals surface area contributed by atoms with Gasteiger partial charge in [-0.25, -0.2) is 18.4 Å². The van der Waals surface area contributed by atoms with E-state index in [2.05, 4.69) is 10.0 Å². The van der Waals surface area contributed by atoms with Crippen LogP contribution in [-0.2, 0) is 24.4 Å². The number of fused-ring (bicyclic) bond motifs is 3. The number of aromatic nitrogens is 1. The molecule has 4 aliphatic rings. The Balaban J connectivity index is 0.00000271. The molecule has 3 aromatic rings. The molecule has 3 aliphatic carbocycles. The van der Waals surface area contributed by atoms with Gasteiger partial charge in [-0.05, 0) is 63.5 Å². The van der Waals surface area contributed by atoms with Crippen LogP contribution < -0.4 is 19.5 Å². The molecule has 5 atom stereocenters. The fourth-order valence-electron chi connectivity index (χ4n) is 7.45. The SMILES string of the molecule is COc1ccc2c(O[C@@H]3C[C@H]4C(=O)N[C@]5(C(=O)NS(=O)(=O)C6CC6)CC5/C=C\CCCCN(N(C)C)C(=O)[C@@H]4C3)cc(-c3ccccc3)nc2c1.[HH].[HH]. The second kappa shape index (κ2) is 13.9. The van der Waals surface area contributed by atoms with Crippen LogP contribution in [0.25, 0.3) is 22.2 Å². The Labute approximate surface area is 301 Å². The van der Waals surface area contributed by atoms with Crippen LogP contribution in [0.3, 0.4) is 0 Å². The van der Waals surface area contributed by atoms with Crippen molar-refractivity contribution in [3.8, 4) is 22.8 Å². The van der Waals surface area contributed by atoms with Crippen LogP contribution in [0.5, 0.6) is 11.5 Å². The number of rotatable bonds is 8. The minimum absolute atomic E-state index is 0. The molecular formula is C38H49N5O7S. The summed E-state index contributed by atoms with van der Waals surface area (Å²) in [6.07, 6.45) is 7.49. The van der Waals surface area contributed by atoms with E-state index in [1.165, 1.54) is 0 Å². The molecular weight excluding hydrogens is 671 g/mol. The summed E-state index contributed by atoms with van der Waals surface area (Å²) in [6, 6.07) is 17.2. The lowest BCUT2D eigenvalue weighted by Crippen LogP contribution is -2.55. The fraction of sp³-hybridized carbons (Fsp3) is 0.474. The van der Waals surface area contributed by atoms with Gasteiger partial charge in [0.1, 0.15) is 23.1 Å². The molecule has 2 heterocycles. The van der Waals surface area contributed by atoms with Crippen LogP contribution in [0.1, 0.15) is 54.2 Å². The van der Waals surface area contributed by atoms with Gasteiger partial charge in [-0.3, -0.25) is 24.1 Å². The van der Waals surface area contributed by atoms with E-state index < -0.39 is 50.6 Å². The average Bonchev–Trinajstić information content (AvgIpc) is 4.04. The number of sulfonamides is 1. The van der Waals surface area contributed by atoms with Gasteiger partial charge in [-0.15, -0.1) is 0 Å². The van der Waals surface area contributed by atoms with Crippen molar-refractivity contribution < 1.29 is 35.1 Å². The fourth-order valence-corrected chi connectivity index (χ4v) is 8.81. The number of pyridine rings is 1. The molecule has 3 amide bonds. The molecule has 1 aliphatic heterocycles. The zero-order valence-electron chi connectivity index (χ0n) is 29.2. The summed E-state index contributed by atoms with van der Waals surface area (Å²) in [5, 5.41) is 6.60. The molecule has 0 saturated heterocycles. The van der Waals surface area contributed by atoms with Crippen molar-refractivity contribution in [3.05, 3.63) is 66.7 Å². The predicted octanol–water partition coefficient (Wildman–Crippen LogP) is 4.70. The Morgan fingerprint density at radius 1 is 1.06 bits per heavy atom. The van der Waals surface area contributed by atoms with Crippen molar-refractivity contribution in [2.75, 3.05) is 27.7 Å². The highest BCUT2D eigenvalue weighted by molar-refractivity contribution is 7.91. The van der Waals surface area contributed by atoms with Crippen molar-refractivity contribution in [2.24, 2.45) is 17.8 Å². The first-order valence-electron chi connectivity index (χ1n) is 17.7. The molecule has 3 saturated carbocycles. The third-order valence-electron chi connectivity index (χ3n) is 10.6. The van der Waals surface area contributed by atoms with E-state index in [-0.39, 0.29) is 33.9 Å². The highest BCUT2D eigenvalue weighted by Gasteiger charge is 2.62. The summed E-state index contributed by atoms with van der Waals surface area (Å²) < 4.78 is 40.1. The minimum Gasteiger partial charge on any atom is -0.497 e. The first-order chi connectivity index (χ1) is 24.5. The lowest BCUT2D eigenvalue weighted by atomic mass is 9.93. The quantitative estimate of drug-likeness (QED) is 0.316. The third-order valence-corrected chi connectivity index (χ3v) is 12.4. The van der Waals surface area contributed by atoms with Crippen molar-refractivity contribution >= 4 is 38.6 Å². The summed E-state index contributed by atoms with van der Waals surface area (Å²) in [6.45, 7) is 0.502. The van der Waals surface area contributed by atoms with Gasteiger partial charge >= 0.3 is 0 Å². The van der Waals surface area contributed by atoms with Gasteiger partial charge in [-0.2, -0.15) is 0 Å². The predicted molar refractivity (Wildman–Crippen MR) is 196 cm³/mol. The Hall–Kier alpha value is -4.49. The minimum atomic E-state index is -3.83. The van der Waals surface area contributed by atoms with E-state index >= 15 is 0 Å². The van der Waals surface area contributed by atoms with Crippen LogP contribution in [0.2, 0.25) is 0 Å². The van der Waals surface area contributed by atoms with E-state index in [1.54, 1.807) is 17.1 Å². The number of benzene rings is 2. The smallest absolute Gasteiger partial charge is 0.259 e. The normalized spacial score (nSPS) is 27.6. The molecule has 0 spiro atoms. The molecule has 1 aromatic heterocycles. The van der Waals surface area contributed by atoms with Crippen LogP contribution >= 0.6 is 0 Å². The van der Waals surface area contributed by atoms with E-state index in [0.29, 0.717) is 42.1 Å². The van der Waals surface area contributed by atoms with E-state index in [9.17, 15) is 22.8 Å². The third kappa shape index (κ3) is 7.18. The molecule has 2 aromatic carbocycles.